The fourth-order valence-corrected chi connectivity index (χ4v) is 6.91. The Morgan fingerprint density at radius 2 is 1.17 bits per heavy atom. The highest BCUT2D eigenvalue weighted by atomic mass is 16.3. The van der Waals surface area contributed by atoms with E-state index in [-0.39, 0.29) is 0 Å². The number of para-hydroxylation sites is 1. The summed E-state index contributed by atoms with van der Waals surface area (Å²) in [5.74, 6) is 1.79. The van der Waals surface area contributed by atoms with E-state index in [2.05, 4.69) is 127 Å². The fourth-order valence-electron chi connectivity index (χ4n) is 6.91. The molecule has 7 aromatic carbocycles. The van der Waals surface area contributed by atoms with Crippen LogP contribution in [0, 0.1) is 0 Å². The lowest BCUT2D eigenvalue weighted by Gasteiger charge is -2.10. The first-order valence-corrected chi connectivity index (χ1v) is 17.5. The Kier molecular flexibility index (Phi) is 8.03. The summed E-state index contributed by atoms with van der Waals surface area (Å²) < 4.78 is 6.67. The lowest BCUT2D eigenvalue weighted by Crippen LogP contribution is -2.02. The predicted octanol–water partition coefficient (Wildman–Crippen LogP) is 12.7. The van der Waals surface area contributed by atoms with Gasteiger partial charge in [0, 0.05) is 33.0 Å². The van der Waals surface area contributed by atoms with Crippen LogP contribution < -0.4 is 0 Å². The summed E-state index contributed by atoms with van der Waals surface area (Å²) in [4.78, 5) is 15.3. The molecule has 0 aliphatic rings. The van der Waals surface area contributed by atoms with Crippen molar-refractivity contribution in [3.8, 4) is 45.0 Å². The van der Waals surface area contributed by atoms with Crippen LogP contribution in [0.15, 0.2) is 180 Å². The topological polar surface area (TPSA) is 51.8 Å². The summed E-state index contributed by atoms with van der Waals surface area (Å²) in [6.07, 6.45) is 6.21. The molecule has 0 aliphatic carbocycles. The minimum absolute atomic E-state index is 0.586. The lowest BCUT2D eigenvalue weighted by atomic mass is 9.98. The summed E-state index contributed by atoms with van der Waals surface area (Å²) >= 11 is 0. The van der Waals surface area contributed by atoms with Crippen molar-refractivity contribution in [2.24, 2.45) is 0 Å². The van der Waals surface area contributed by atoms with Crippen molar-refractivity contribution in [1.82, 2.24) is 15.0 Å². The molecule has 9 aromatic rings. The normalized spacial score (nSPS) is 12.0. The van der Waals surface area contributed by atoms with Gasteiger partial charge >= 0.3 is 0 Å². The van der Waals surface area contributed by atoms with E-state index in [1.807, 2.05) is 61.5 Å². The van der Waals surface area contributed by atoms with E-state index in [1.54, 1.807) is 0 Å². The number of hydrogen-bond acceptors (Lipinski definition) is 4. The Hall–Kier alpha value is -6.91. The average molecular weight is 668 g/mol. The van der Waals surface area contributed by atoms with Crippen molar-refractivity contribution in [1.29, 1.82) is 0 Å². The zero-order valence-corrected chi connectivity index (χ0v) is 28.6. The lowest BCUT2D eigenvalue weighted by molar-refractivity contribution is 0.670. The number of nitrogens with zero attached hydrogens (tertiary/aromatic N) is 3. The minimum atomic E-state index is 0.586. The molecular formula is C48H33N3O. The van der Waals surface area contributed by atoms with E-state index in [0.29, 0.717) is 17.5 Å². The van der Waals surface area contributed by atoms with Crippen LogP contribution in [0.4, 0.5) is 0 Å². The second kappa shape index (κ2) is 13.4. The largest absolute Gasteiger partial charge is 0.455 e. The summed E-state index contributed by atoms with van der Waals surface area (Å²) in [6.45, 7) is 2.01. The van der Waals surface area contributed by atoms with Crippen molar-refractivity contribution in [3.63, 3.8) is 0 Å². The highest BCUT2D eigenvalue weighted by molar-refractivity contribution is 6.15. The van der Waals surface area contributed by atoms with Gasteiger partial charge in [-0.15, -0.1) is 0 Å². The first-order chi connectivity index (χ1) is 25.7. The monoisotopic (exact) mass is 667 g/mol. The van der Waals surface area contributed by atoms with Gasteiger partial charge < -0.3 is 4.42 Å². The molecule has 2 aromatic heterocycles. The predicted molar refractivity (Wildman–Crippen MR) is 215 cm³/mol. The molecule has 9 rings (SSSR count). The van der Waals surface area contributed by atoms with Gasteiger partial charge in [-0.25, -0.2) is 15.0 Å². The zero-order valence-electron chi connectivity index (χ0n) is 28.6. The van der Waals surface area contributed by atoms with Gasteiger partial charge in [0.1, 0.15) is 11.2 Å². The highest BCUT2D eigenvalue weighted by Gasteiger charge is 2.20. The average Bonchev–Trinajstić information content (AvgIpc) is 3.61. The summed E-state index contributed by atoms with van der Waals surface area (Å²) in [7, 11) is 0. The molecule has 52 heavy (non-hydrogen) atoms. The SMILES string of the molecule is C/C=C\C(=C/c1ccc(-c2ccccc2)cc1)c1nc(-c2ccccc2)nc(-c2cccc3oc4c(-c5ccc6ccccc6c5)cccc4c23)n1. The molecule has 0 spiro atoms. The van der Waals surface area contributed by atoms with Gasteiger partial charge in [-0.1, -0.05) is 164 Å². The Balaban J connectivity index is 1.20. The van der Waals surface area contributed by atoms with E-state index in [9.17, 15) is 0 Å². The molecule has 4 heteroatoms. The quantitative estimate of drug-likeness (QED) is 0.159. The van der Waals surface area contributed by atoms with E-state index in [0.717, 1.165) is 55.3 Å². The maximum absolute atomic E-state index is 6.67. The van der Waals surface area contributed by atoms with E-state index >= 15 is 0 Å². The number of fused-ring (bicyclic) bond motifs is 4. The molecule has 0 radical (unpaired) electrons. The van der Waals surface area contributed by atoms with E-state index < -0.39 is 0 Å². The van der Waals surface area contributed by atoms with Crippen LogP contribution in [-0.4, -0.2) is 15.0 Å². The van der Waals surface area contributed by atoms with Crippen LogP contribution in [0.3, 0.4) is 0 Å². The first-order valence-electron chi connectivity index (χ1n) is 17.5. The summed E-state index contributed by atoms with van der Waals surface area (Å²) in [5.41, 5.74) is 9.88. The first kappa shape index (κ1) is 31.1. The standard InChI is InChI=1S/C48H33N3O/c1-2-13-39(30-32-24-26-35(27-25-32)33-14-5-3-6-15-33)47-49-46(36-17-7-4-8-18-36)50-48(51-47)42-22-12-23-43-44(42)41-21-11-20-40(45(41)52-43)38-29-28-34-16-9-10-19-37(34)31-38/h2-31H,1H3/b13-2-,39-30+. The van der Waals surface area contributed by atoms with Crippen molar-refractivity contribution in [3.05, 3.63) is 187 Å². The molecule has 0 saturated carbocycles. The molecular weight excluding hydrogens is 635 g/mol. The van der Waals surface area contributed by atoms with Crippen LogP contribution in [0.25, 0.3) is 89.4 Å². The molecule has 0 atom stereocenters. The van der Waals surface area contributed by atoms with Crippen molar-refractivity contribution in [2.75, 3.05) is 0 Å². The third-order valence-corrected chi connectivity index (χ3v) is 9.44. The molecule has 0 N–H and O–H groups in total. The Morgan fingerprint density at radius 1 is 0.519 bits per heavy atom. The number of furan rings is 1. The number of hydrogen-bond donors (Lipinski definition) is 0. The number of aromatic nitrogens is 3. The smallest absolute Gasteiger partial charge is 0.164 e. The molecule has 0 saturated heterocycles. The number of benzene rings is 7. The van der Waals surface area contributed by atoms with Crippen LogP contribution in [-0.2, 0) is 0 Å². The van der Waals surface area contributed by atoms with Crippen molar-refractivity contribution >= 4 is 44.4 Å². The van der Waals surface area contributed by atoms with Gasteiger partial charge in [0.05, 0.1) is 0 Å². The minimum Gasteiger partial charge on any atom is -0.455 e. The maximum Gasteiger partial charge on any atom is 0.164 e. The van der Waals surface area contributed by atoms with E-state index in [4.69, 9.17) is 19.4 Å². The molecule has 0 amide bonds. The third-order valence-electron chi connectivity index (χ3n) is 9.44. The molecule has 4 nitrogen and oxygen atoms in total. The van der Waals surface area contributed by atoms with Gasteiger partial charge in [-0.3, -0.25) is 0 Å². The molecule has 0 aliphatic heterocycles. The summed E-state index contributed by atoms with van der Waals surface area (Å²) in [5, 5.41) is 4.39. The van der Waals surface area contributed by atoms with Gasteiger partial charge in [0.15, 0.2) is 17.5 Å². The molecule has 0 unspecified atom stereocenters. The third kappa shape index (κ3) is 5.86. The maximum atomic E-state index is 6.67. The van der Waals surface area contributed by atoms with Crippen LogP contribution in [0.5, 0.6) is 0 Å². The molecule has 0 bridgehead atoms. The Morgan fingerprint density at radius 3 is 1.96 bits per heavy atom. The van der Waals surface area contributed by atoms with E-state index in [1.165, 1.54) is 21.9 Å². The highest BCUT2D eigenvalue weighted by Crippen LogP contribution is 2.40. The van der Waals surface area contributed by atoms with Gasteiger partial charge in [0.25, 0.3) is 0 Å². The Bertz CT molecular complexity index is 2780. The summed E-state index contributed by atoms with van der Waals surface area (Å²) in [6, 6.07) is 56.5. The number of allylic oxidation sites excluding steroid dienone is 3. The second-order valence-corrected chi connectivity index (χ2v) is 12.8. The van der Waals surface area contributed by atoms with Crippen molar-refractivity contribution in [2.45, 2.75) is 6.92 Å². The van der Waals surface area contributed by atoms with Crippen LogP contribution in [0.2, 0.25) is 0 Å². The molecule has 246 valence electrons. The van der Waals surface area contributed by atoms with Crippen molar-refractivity contribution < 1.29 is 4.42 Å². The molecule has 2 heterocycles. The zero-order chi connectivity index (χ0) is 34.9. The number of rotatable bonds is 7. The Labute approximate surface area is 302 Å². The fraction of sp³-hybridized carbons (Fsp3) is 0.0208. The van der Waals surface area contributed by atoms with Crippen LogP contribution >= 0.6 is 0 Å². The van der Waals surface area contributed by atoms with Crippen LogP contribution in [0.1, 0.15) is 18.3 Å². The van der Waals surface area contributed by atoms with Gasteiger partial charge in [-0.05, 0) is 58.2 Å². The van der Waals surface area contributed by atoms with Gasteiger partial charge in [0.2, 0.25) is 0 Å². The second-order valence-electron chi connectivity index (χ2n) is 12.8. The van der Waals surface area contributed by atoms with Gasteiger partial charge in [-0.2, -0.15) is 0 Å². The molecule has 0 fully saturated rings.